The van der Waals surface area contributed by atoms with Gasteiger partial charge in [0, 0.05) is 11.9 Å². The molecule has 9 heteroatoms. The first-order chi connectivity index (χ1) is 9.97. The third-order valence-electron chi connectivity index (χ3n) is 1.95. The van der Waals surface area contributed by atoms with Crippen LogP contribution in [0.5, 0.6) is 0 Å². The number of ether oxygens (including phenoxy) is 1. The average Bonchev–Trinajstić information content (AvgIpc) is 2.95. The average molecular weight is 297 g/mol. The molecule has 0 saturated carbocycles. The fraction of sp³-hybridized carbons (Fsp3) is 0.333. The normalized spacial score (nSPS) is 8.90. The minimum absolute atomic E-state index is 0.319. The fourth-order valence-corrected chi connectivity index (χ4v) is 1.06. The molecule has 0 aliphatic rings. The number of nitrogens with two attached hydrogens (primary N) is 1. The predicted molar refractivity (Wildman–Crippen MR) is 66.5 cm³/mol. The van der Waals surface area contributed by atoms with E-state index in [-0.39, 0.29) is 6.09 Å². The predicted octanol–water partition coefficient (Wildman–Crippen LogP) is -2.50. The van der Waals surface area contributed by atoms with Gasteiger partial charge in [0.05, 0.1) is 12.9 Å². The summed E-state index contributed by atoms with van der Waals surface area (Å²) in [5.74, 6) is -1.67. The molecule has 0 aliphatic carbocycles. The van der Waals surface area contributed by atoms with Crippen molar-refractivity contribution in [2.75, 3.05) is 13.2 Å². The van der Waals surface area contributed by atoms with Gasteiger partial charge in [-0.2, -0.15) is 4.79 Å². The van der Waals surface area contributed by atoms with Crippen LogP contribution in [0.4, 0.5) is 4.79 Å². The fourth-order valence-electron chi connectivity index (χ4n) is 1.06. The number of terminal acetylenes is 1. The molecule has 1 aromatic rings. The number of nitrogens with zero attached hydrogens (tertiary/aromatic N) is 1. The number of carbonyl (C=O) groups excluding carboxylic acids is 2. The first-order valence-electron chi connectivity index (χ1n) is 5.82. The van der Waals surface area contributed by atoms with Crippen LogP contribution in [0.25, 0.3) is 0 Å². The van der Waals surface area contributed by atoms with Crippen LogP contribution >= 0.6 is 0 Å². The lowest BCUT2D eigenvalue weighted by Gasteiger charge is -2.00. The van der Waals surface area contributed by atoms with Gasteiger partial charge in [-0.1, -0.05) is 0 Å². The highest BCUT2D eigenvalue weighted by molar-refractivity contribution is 6.26. The summed E-state index contributed by atoms with van der Waals surface area (Å²) in [7, 11) is 0. The number of primary amides is 1. The van der Waals surface area contributed by atoms with Crippen LogP contribution in [0, 0.1) is 12.3 Å². The third-order valence-corrected chi connectivity index (χ3v) is 1.95. The second-order valence-electron chi connectivity index (χ2n) is 3.55. The molecule has 1 amide bonds. The van der Waals surface area contributed by atoms with E-state index in [1.54, 1.807) is 12.5 Å². The van der Waals surface area contributed by atoms with E-state index in [9.17, 15) is 4.79 Å². The molecule has 0 unspecified atom stereocenters. The zero-order valence-electron chi connectivity index (χ0n) is 11.1. The number of hydrogen-bond acceptors (Lipinski definition) is 6. The van der Waals surface area contributed by atoms with Crippen molar-refractivity contribution in [2.24, 2.45) is 0 Å². The molecule has 0 saturated heterocycles. The highest BCUT2D eigenvalue weighted by Gasteiger charge is 2.04. The zero-order valence-corrected chi connectivity index (χ0v) is 11.1. The van der Waals surface area contributed by atoms with Crippen molar-refractivity contribution in [3.63, 3.8) is 0 Å². The second kappa shape index (κ2) is 11.0. The molecule has 1 heterocycles. The van der Waals surface area contributed by atoms with E-state index >= 15 is 0 Å². The van der Waals surface area contributed by atoms with Gasteiger partial charge in [0.1, 0.15) is 6.54 Å². The van der Waals surface area contributed by atoms with E-state index in [0.717, 1.165) is 18.5 Å². The third kappa shape index (κ3) is 10.7. The lowest BCUT2D eigenvalue weighted by Crippen LogP contribution is -2.88. The zero-order chi connectivity index (χ0) is 16.1. The molecule has 4 N–H and O–H groups in total. The Morgan fingerprint density at radius 1 is 1.52 bits per heavy atom. The monoisotopic (exact) mass is 297 g/mol. The minimum Gasteiger partial charge on any atom is -0.539 e. The quantitative estimate of drug-likeness (QED) is 0.309. The first kappa shape index (κ1) is 18.1. The van der Waals surface area contributed by atoms with E-state index in [1.165, 1.54) is 5.32 Å². The summed E-state index contributed by atoms with van der Waals surface area (Å²) < 4.78 is 4.92. The van der Waals surface area contributed by atoms with Crippen molar-refractivity contribution in [3.8, 4) is 12.3 Å². The van der Waals surface area contributed by atoms with Crippen LogP contribution in [-0.4, -0.2) is 46.3 Å². The number of imidazole rings is 1. The van der Waals surface area contributed by atoms with Crippen molar-refractivity contribution in [3.05, 3.63) is 18.2 Å². The van der Waals surface area contributed by atoms with Crippen molar-refractivity contribution in [2.45, 2.75) is 12.8 Å². The number of aliphatic carboxylic acids is 2. The number of hydrogen-bond donors (Lipinski definition) is 3. The van der Waals surface area contributed by atoms with Gasteiger partial charge in [0.25, 0.3) is 0 Å². The largest absolute Gasteiger partial charge is 0.539 e. The number of nitrogens with one attached hydrogen (secondary N) is 1. The van der Waals surface area contributed by atoms with E-state index < -0.39 is 11.9 Å². The Kier molecular flexibility index (Phi) is 9.51. The Morgan fingerprint density at radius 3 is 2.67 bits per heavy atom. The van der Waals surface area contributed by atoms with E-state index in [1.807, 2.05) is 0 Å². The Morgan fingerprint density at radius 2 is 2.19 bits per heavy atom. The number of carboxylic acids is 2. The number of quaternary nitrogens is 1. The number of amides is 1. The number of carbonyl (C=O) groups is 3. The Labute approximate surface area is 120 Å². The molecule has 0 bridgehead atoms. The van der Waals surface area contributed by atoms with Crippen LogP contribution in [0.1, 0.15) is 12.1 Å². The molecule has 0 aromatic carbocycles. The number of carboxylic acid groups (broad SMARTS) is 2. The Bertz CT molecular complexity index is 480. The first-order valence-corrected chi connectivity index (χ1v) is 5.82. The molecule has 0 fully saturated rings. The second-order valence-corrected chi connectivity index (χ2v) is 3.55. The van der Waals surface area contributed by atoms with Gasteiger partial charge in [-0.15, -0.1) is 6.42 Å². The topological polar surface area (TPSA) is 149 Å². The molecule has 114 valence electrons. The number of H-pyrrole nitrogens is 1. The van der Waals surface area contributed by atoms with Gasteiger partial charge in [-0.05, 0) is 18.8 Å². The molecule has 9 nitrogen and oxygen atoms in total. The van der Waals surface area contributed by atoms with Gasteiger partial charge in [0.15, 0.2) is 5.97 Å². The number of rotatable bonds is 5. The Hall–Kier alpha value is -2.86. The van der Waals surface area contributed by atoms with Crippen molar-refractivity contribution in [1.29, 1.82) is 0 Å². The van der Waals surface area contributed by atoms with Crippen LogP contribution in [-0.2, 0) is 20.7 Å². The van der Waals surface area contributed by atoms with E-state index in [2.05, 4.69) is 15.9 Å². The molecule has 1 rings (SSSR count). The van der Waals surface area contributed by atoms with Gasteiger partial charge >= 0.3 is 12.1 Å². The van der Waals surface area contributed by atoms with Crippen LogP contribution in [0.15, 0.2) is 12.5 Å². The maximum Gasteiger partial charge on any atom is 0.513 e. The summed E-state index contributed by atoms with van der Waals surface area (Å²) in [6.07, 6.45) is 9.63. The number of aromatic amines is 1. The summed E-state index contributed by atoms with van der Waals surface area (Å²) in [5, 5.41) is 17.7. The molecule has 0 spiro atoms. The van der Waals surface area contributed by atoms with Crippen molar-refractivity contribution >= 4 is 18.0 Å². The van der Waals surface area contributed by atoms with Gasteiger partial charge in [-0.25, -0.2) is 15.1 Å². The van der Waals surface area contributed by atoms with Crippen LogP contribution < -0.4 is 10.4 Å². The molecule has 0 aliphatic heterocycles. The summed E-state index contributed by atoms with van der Waals surface area (Å²) >= 11 is 0. The lowest BCUT2D eigenvalue weighted by atomic mass is 10.3. The highest BCUT2D eigenvalue weighted by atomic mass is 16.5. The molecular weight excluding hydrogens is 282 g/mol. The summed E-state index contributed by atoms with van der Waals surface area (Å²) in [4.78, 5) is 35.9. The number of aromatic nitrogens is 2. The smallest absolute Gasteiger partial charge is 0.513 e. The molecular formula is C12H15N3O6. The molecule has 21 heavy (non-hydrogen) atoms. The van der Waals surface area contributed by atoms with Gasteiger partial charge in [-0.3, -0.25) is 0 Å². The van der Waals surface area contributed by atoms with Crippen molar-refractivity contribution in [1.82, 2.24) is 9.97 Å². The summed E-state index contributed by atoms with van der Waals surface area (Å²) in [6, 6.07) is 0. The van der Waals surface area contributed by atoms with E-state index in [0.29, 0.717) is 13.2 Å². The van der Waals surface area contributed by atoms with Crippen LogP contribution in [0.2, 0.25) is 0 Å². The summed E-state index contributed by atoms with van der Waals surface area (Å²) in [5.41, 5.74) is 1.04. The van der Waals surface area contributed by atoms with E-state index in [4.69, 9.17) is 31.0 Å². The standard InChI is InChI=1S/C10H13N3O2.C2H2O4/c1-2-5-12-10(14)15-6-3-4-9-7-11-8-13-9;3-1(4)2(5)6/h1,7-8H,3-6H2,(H,11,13)(H,12,14);(H,3,4)(H,5,6). The molecule has 0 radical (unpaired) electrons. The highest BCUT2D eigenvalue weighted by Crippen LogP contribution is 1.96. The summed E-state index contributed by atoms with van der Waals surface area (Å²) in [6.45, 7) is 0.721. The van der Waals surface area contributed by atoms with Crippen molar-refractivity contribution < 1.29 is 34.7 Å². The SMILES string of the molecule is C#CC[NH2+]C(=O)OCCCc1cnc[nH]1.O=C([O-])C(=O)O. The van der Waals surface area contributed by atoms with Gasteiger partial charge in [0.2, 0.25) is 0 Å². The molecule has 1 aromatic heterocycles. The Balaban J connectivity index is 0.000000567. The minimum atomic E-state index is -2.07. The lowest BCUT2D eigenvalue weighted by molar-refractivity contribution is -0.558. The molecule has 0 atom stereocenters. The van der Waals surface area contributed by atoms with Crippen LogP contribution in [0.3, 0.4) is 0 Å². The maximum atomic E-state index is 11.0. The number of aryl methyl sites for hydroxylation is 1. The van der Waals surface area contributed by atoms with Gasteiger partial charge < -0.3 is 24.7 Å². The maximum absolute atomic E-state index is 11.0.